The Labute approximate surface area is 120 Å². The van der Waals surface area contributed by atoms with Crippen LogP contribution in [0.2, 0.25) is 0 Å². The average molecular weight is 296 g/mol. The number of carbonyl (C=O) groups is 3. The van der Waals surface area contributed by atoms with E-state index in [9.17, 15) is 19.2 Å². The summed E-state index contributed by atoms with van der Waals surface area (Å²) in [5, 5.41) is 11.3. The first-order valence-corrected chi connectivity index (χ1v) is 6.32. The minimum absolute atomic E-state index is 0.0801. The summed E-state index contributed by atoms with van der Waals surface area (Å²) in [6.07, 6.45) is 0.988. The maximum Gasteiger partial charge on any atom is 0.326 e. The summed E-state index contributed by atoms with van der Waals surface area (Å²) >= 11 is 0. The van der Waals surface area contributed by atoms with Gasteiger partial charge in [-0.1, -0.05) is 0 Å². The van der Waals surface area contributed by atoms with Gasteiger partial charge in [-0.25, -0.2) is 4.79 Å². The SMILES string of the molecule is CCOC(=O)CC[C@H](NC(=O)c1ccc(=O)[nH]c1)C(=O)O. The van der Waals surface area contributed by atoms with E-state index in [1.54, 1.807) is 6.92 Å². The molecule has 0 aliphatic carbocycles. The molecule has 114 valence electrons. The van der Waals surface area contributed by atoms with Crippen molar-refractivity contribution in [3.63, 3.8) is 0 Å². The number of ether oxygens (including phenoxy) is 1. The number of nitrogens with one attached hydrogen (secondary N) is 2. The second-order valence-corrected chi connectivity index (χ2v) is 4.15. The van der Waals surface area contributed by atoms with Gasteiger partial charge in [0.05, 0.1) is 12.2 Å². The minimum Gasteiger partial charge on any atom is -0.480 e. The fourth-order valence-electron chi connectivity index (χ4n) is 1.55. The van der Waals surface area contributed by atoms with Crippen molar-refractivity contribution in [3.8, 4) is 0 Å². The Morgan fingerprint density at radius 2 is 2.10 bits per heavy atom. The van der Waals surface area contributed by atoms with Gasteiger partial charge >= 0.3 is 11.9 Å². The second-order valence-electron chi connectivity index (χ2n) is 4.15. The van der Waals surface area contributed by atoms with E-state index in [2.05, 4.69) is 10.3 Å². The maximum absolute atomic E-state index is 11.8. The molecular weight excluding hydrogens is 280 g/mol. The van der Waals surface area contributed by atoms with Crippen LogP contribution in [0.1, 0.15) is 30.1 Å². The van der Waals surface area contributed by atoms with Crippen LogP contribution < -0.4 is 10.9 Å². The molecule has 1 rings (SSSR count). The van der Waals surface area contributed by atoms with E-state index in [-0.39, 0.29) is 30.6 Å². The molecule has 0 unspecified atom stereocenters. The van der Waals surface area contributed by atoms with Crippen LogP contribution in [0.15, 0.2) is 23.1 Å². The van der Waals surface area contributed by atoms with Crippen molar-refractivity contribution in [2.75, 3.05) is 6.61 Å². The molecule has 0 aliphatic rings. The normalized spacial score (nSPS) is 11.5. The Balaban J connectivity index is 2.63. The zero-order valence-corrected chi connectivity index (χ0v) is 11.4. The monoisotopic (exact) mass is 296 g/mol. The van der Waals surface area contributed by atoms with Crippen molar-refractivity contribution >= 4 is 17.8 Å². The largest absolute Gasteiger partial charge is 0.480 e. The summed E-state index contributed by atoms with van der Waals surface area (Å²) in [4.78, 5) is 47.3. The number of pyridine rings is 1. The van der Waals surface area contributed by atoms with Crippen LogP contribution in [0.25, 0.3) is 0 Å². The molecule has 0 aliphatic heterocycles. The van der Waals surface area contributed by atoms with Crippen LogP contribution in [-0.2, 0) is 14.3 Å². The Morgan fingerprint density at radius 1 is 1.38 bits per heavy atom. The quantitative estimate of drug-likeness (QED) is 0.603. The molecule has 3 N–H and O–H groups in total. The number of carboxylic acids is 1. The third kappa shape index (κ3) is 5.47. The molecule has 8 nitrogen and oxygen atoms in total. The highest BCUT2D eigenvalue weighted by molar-refractivity contribution is 5.96. The van der Waals surface area contributed by atoms with E-state index in [0.29, 0.717) is 0 Å². The van der Waals surface area contributed by atoms with Gasteiger partial charge in [-0.05, 0) is 19.4 Å². The van der Waals surface area contributed by atoms with Gasteiger partial charge in [0, 0.05) is 18.7 Å². The molecular formula is C13H16N2O6. The van der Waals surface area contributed by atoms with Crippen molar-refractivity contribution in [1.82, 2.24) is 10.3 Å². The molecule has 1 amide bonds. The van der Waals surface area contributed by atoms with Gasteiger partial charge in [0.1, 0.15) is 6.04 Å². The van der Waals surface area contributed by atoms with Crippen molar-refractivity contribution in [3.05, 3.63) is 34.2 Å². The third-order valence-corrected chi connectivity index (χ3v) is 2.59. The van der Waals surface area contributed by atoms with E-state index in [4.69, 9.17) is 9.84 Å². The average Bonchev–Trinajstić information content (AvgIpc) is 2.43. The summed E-state index contributed by atoms with van der Waals surface area (Å²) in [6.45, 7) is 1.85. The first-order chi connectivity index (χ1) is 9.93. The first kappa shape index (κ1) is 16.4. The number of H-pyrrole nitrogens is 1. The highest BCUT2D eigenvalue weighted by atomic mass is 16.5. The van der Waals surface area contributed by atoms with Gasteiger partial charge in [0.25, 0.3) is 5.91 Å². The van der Waals surface area contributed by atoms with Crippen LogP contribution in [0.5, 0.6) is 0 Å². The number of aromatic nitrogens is 1. The number of aromatic amines is 1. The van der Waals surface area contributed by atoms with Gasteiger partial charge in [-0.3, -0.25) is 14.4 Å². The topological polar surface area (TPSA) is 126 Å². The van der Waals surface area contributed by atoms with E-state index >= 15 is 0 Å². The molecule has 0 bridgehead atoms. The van der Waals surface area contributed by atoms with E-state index in [0.717, 1.165) is 6.07 Å². The summed E-state index contributed by atoms with van der Waals surface area (Å²) in [5.41, 5.74) is -0.249. The van der Waals surface area contributed by atoms with Gasteiger partial charge in [-0.15, -0.1) is 0 Å². The summed E-state index contributed by atoms with van der Waals surface area (Å²) < 4.78 is 4.69. The molecule has 1 aromatic rings. The summed E-state index contributed by atoms with van der Waals surface area (Å²) in [6, 6.07) is 1.22. The molecule has 8 heteroatoms. The highest BCUT2D eigenvalue weighted by Crippen LogP contribution is 2.02. The van der Waals surface area contributed by atoms with E-state index in [1.165, 1.54) is 12.3 Å². The Kier molecular flexibility index (Phi) is 6.12. The molecule has 1 atom stereocenters. The molecule has 21 heavy (non-hydrogen) atoms. The summed E-state index contributed by atoms with van der Waals surface area (Å²) in [5.74, 6) is -2.43. The van der Waals surface area contributed by atoms with E-state index in [1.807, 2.05) is 0 Å². The molecule has 0 aromatic carbocycles. The predicted octanol–water partition coefficient (Wildman–Crippen LogP) is -0.0988. The lowest BCUT2D eigenvalue weighted by atomic mass is 10.1. The second kappa shape index (κ2) is 7.83. The van der Waals surface area contributed by atoms with Crippen LogP contribution in [0.4, 0.5) is 0 Å². The maximum atomic E-state index is 11.8. The minimum atomic E-state index is -1.25. The van der Waals surface area contributed by atoms with Crippen LogP contribution in [0.3, 0.4) is 0 Å². The Hall–Kier alpha value is -2.64. The Bertz CT molecular complexity index is 560. The van der Waals surface area contributed by atoms with Gasteiger partial charge in [0.15, 0.2) is 0 Å². The number of carboxylic acid groups (broad SMARTS) is 1. The molecule has 0 saturated heterocycles. The van der Waals surface area contributed by atoms with Crippen molar-refractivity contribution in [2.45, 2.75) is 25.8 Å². The zero-order valence-electron chi connectivity index (χ0n) is 11.4. The summed E-state index contributed by atoms with van der Waals surface area (Å²) in [7, 11) is 0. The fraction of sp³-hybridized carbons (Fsp3) is 0.385. The Morgan fingerprint density at radius 3 is 2.62 bits per heavy atom. The lowest BCUT2D eigenvalue weighted by molar-refractivity contribution is -0.144. The number of hydrogen-bond donors (Lipinski definition) is 3. The molecule has 0 fully saturated rings. The number of hydrogen-bond acceptors (Lipinski definition) is 5. The number of rotatable bonds is 7. The van der Waals surface area contributed by atoms with Gasteiger partial charge in [-0.2, -0.15) is 0 Å². The number of esters is 1. The molecule has 1 aromatic heterocycles. The first-order valence-electron chi connectivity index (χ1n) is 6.32. The van der Waals surface area contributed by atoms with Gasteiger partial charge in [0.2, 0.25) is 5.56 Å². The van der Waals surface area contributed by atoms with Crippen LogP contribution >= 0.6 is 0 Å². The van der Waals surface area contributed by atoms with Crippen molar-refractivity contribution in [1.29, 1.82) is 0 Å². The van der Waals surface area contributed by atoms with E-state index < -0.39 is 23.9 Å². The highest BCUT2D eigenvalue weighted by Gasteiger charge is 2.22. The lowest BCUT2D eigenvalue weighted by Gasteiger charge is -2.14. The fourth-order valence-corrected chi connectivity index (χ4v) is 1.55. The molecule has 0 saturated carbocycles. The molecule has 0 radical (unpaired) electrons. The standard InChI is InChI=1S/C13H16N2O6/c1-2-21-11(17)6-4-9(13(19)20)15-12(18)8-3-5-10(16)14-7-8/h3,5,7,9H,2,4,6H2,1H3,(H,14,16)(H,15,18)(H,19,20)/t9-/m0/s1. The van der Waals surface area contributed by atoms with Crippen molar-refractivity contribution < 1.29 is 24.2 Å². The number of carbonyl (C=O) groups excluding carboxylic acids is 2. The zero-order chi connectivity index (χ0) is 15.8. The van der Waals surface area contributed by atoms with Gasteiger partial charge < -0.3 is 20.1 Å². The predicted molar refractivity (Wildman–Crippen MR) is 71.8 cm³/mol. The third-order valence-electron chi connectivity index (χ3n) is 2.59. The van der Waals surface area contributed by atoms with Crippen LogP contribution in [-0.4, -0.2) is 40.6 Å². The number of amides is 1. The van der Waals surface area contributed by atoms with Crippen molar-refractivity contribution in [2.24, 2.45) is 0 Å². The lowest BCUT2D eigenvalue weighted by Crippen LogP contribution is -2.41. The molecule has 0 spiro atoms. The smallest absolute Gasteiger partial charge is 0.326 e. The van der Waals surface area contributed by atoms with Crippen LogP contribution in [0, 0.1) is 0 Å². The number of aliphatic carboxylic acids is 1. The molecule has 1 heterocycles.